The van der Waals surface area contributed by atoms with Crippen molar-refractivity contribution in [3.05, 3.63) is 0 Å². The molecule has 0 aromatic heterocycles. The minimum atomic E-state index is -2.23. The second kappa shape index (κ2) is 7.17. The molecule has 1 saturated heterocycles. The molecule has 0 radical (unpaired) electrons. The first-order chi connectivity index (χ1) is 7.61. The molecule has 96 valence electrons. The Kier molecular flexibility index (Phi) is 6.21. The van der Waals surface area contributed by atoms with E-state index in [9.17, 15) is 8.78 Å². The van der Waals surface area contributed by atoms with Crippen molar-refractivity contribution in [2.75, 3.05) is 26.7 Å². The highest BCUT2D eigenvalue weighted by Crippen LogP contribution is 2.21. The van der Waals surface area contributed by atoms with Crippen molar-refractivity contribution < 1.29 is 8.78 Å². The van der Waals surface area contributed by atoms with Crippen LogP contribution in [0.1, 0.15) is 32.6 Å². The van der Waals surface area contributed by atoms with Gasteiger partial charge < -0.3 is 10.2 Å². The van der Waals surface area contributed by atoms with Crippen molar-refractivity contribution in [1.82, 2.24) is 10.2 Å². The number of nitrogens with one attached hydrogen (secondary N) is 1. The van der Waals surface area contributed by atoms with Gasteiger partial charge in [-0.3, -0.25) is 0 Å². The molecule has 0 saturated carbocycles. The molecule has 0 aromatic rings. The topological polar surface area (TPSA) is 15.3 Å². The summed E-state index contributed by atoms with van der Waals surface area (Å²) < 4.78 is 24.2. The van der Waals surface area contributed by atoms with E-state index in [0.717, 1.165) is 19.5 Å². The van der Waals surface area contributed by atoms with Gasteiger partial charge in [0.2, 0.25) is 0 Å². The lowest BCUT2D eigenvalue weighted by molar-refractivity contribution is 0.117. The van der Waals surface area contributed by atoms with Gasteiger partial charge in [-0.1, -0.05) is 19.8 Å². The summed E-state index contributed by atoms with van der Waals surface area (Å²) in [6.07, 6.45) is 2.52. The van der Waals surface area contributed by atoms with E-state index in [1.54, 1.807) is 0 Å². The number of likely N-dealkylation sites (N-methyl/N-ethyl adjacent to an activating group) is 1. The molecule has 0 bridgehead atoms. The number of alkyl halides is 2. The van der Waals surface area contributed by atoms with Gasteiger partial charge >= 0.3 is 0 Å². The Hall–Kier alpha value is -0.220. The quantitative estimate of drug-likeness (QED) is 0.759. The molecule has 1 fully saturated rings. The Labute approximate surface area is 97.4 Å². The molecule has 1 N–H and O–H groups in total. The van der Waals surface area contributed by atoms with Gasteiger partial charge in [-0.15, -0.1) is 0 Å². The third-order valence-electron chi connectivity index (χ3n) is 3.25. The number of unbranched alkanes of at least 4 members (excludes halogenated alkanes) is 1. The third-order valence-corrected chi connectivity index (χ3v) is 3.25. The van der Waals surface area contributed by atoms with Crippen LogP contribution in [-0.2, 0) is 0 Å². The van der Waals surface area contributed by atoms with Gasteiger partial charge in [-0.2, -0.15) is 0 Å². The van der Waals surface area contributed by atoms with E-state index in [-0.39, 0.29) is 12.6 Å². The van der Waals surface area contributed by atoms with Gasteiger partial charge in [-0.05, 0) is 25.8 Å². The van der Waals surface area contributed by atoms with Crippen LogP contribution in [0.15, 0.2) is 0 Å². The number of likely N-dealkylation sites (tertiary alicyclic amines) is 1. The fourth-order valence-electron chi connectivity index (χ4n) is 2.55. The Morgan fingerprint density at radius 3 is 2.75 bits per heavy atom. The SMILES string of the molecule is CCCCC1CC(NCC(F)F)CN(C)C1. The fourth-order valence-corrected chi connectivity index (χ4v) is 2.55. The van der Waals surface area contributed by atoms with Crippen LogP contribution in [0.4, 0.5) is 8.78 Å². The van der Waals surface area contributed by atoms with Gasteiger partial charge in [0.25, 0.3) is 6.43 Å². The zero-order valence-electron chi connectivity index (χ0n) is 10.4. The number of halogens is 2. The van der Waals surface area contributed by atoms with Crippen LogP contribution in [-0.4, -0.2) is 44.0 Å². The van der Waals surface area contributed by atoms with E-state index < -0.39 is 6.43 Å². The highest BCUT2D eigenvalue weighted by Gasteiger charge is 2.24. The van der Waals surface area contributed by atoms with Crippen molar-refractivity contribution in [3.8, 4) is 0 Å². The number of piperidine rings is 1. The zero-order chi connectivity index (χ0) is 12.0. The van der Waals surface area contributed by atoms with Gasteiger partial charge in [0.1, 0.15) is 0 Å². The predicted molar refractivity (Wildman–Crippen MR) is 62.9 cm³/mol. The largest absolute Gasteiger partial charge is 0.307 e. The minimum Gasteiger partial charge on any atom is -0.307 e. The lowest BCUT2D eigenvalue weighted by Crippen LogP contribution is -2.48. The molecule has 0 spiro atoms. The summed E-state index contributed by atoms with van der Waals surface area (Å²) >= 11 is 0. The first-order valence-electron chi connectivity index (χ1n) is 6.31. The van der Waals surface area contributed by atoms with Crippen molar-refractivity contribution in [2.24, 2.45) is 5.92 Å². The molecule has 1 rings (SSSR count). The summed E-state index contributed by atoms with van der Waals surface area (Å²) in [5, 5.41) is 2.97. The van der Waals surface area contributed by atoms with Gasteiger partial charge in [0.05, 0.1) is 6.54 Å². The average Bonchev–Trinajstić information content (AvgIpc) is 2.23. The number of nitrogens with zero attached hydrogens (tertiary/aromatic N) is 1. The van der Waals surface area contributed by atoms with Gasteiger partial charge in [0.15, 0.2) is 0 Å². The van der Waals surface area contributed by atoms with Crippen LogP contribution < -0.4 is 5.32 Å². The maximum absolute atomic E-state index is 12.1. The van der Waals surface area contributed by atoms with Crippen molar-refractivity contribution in [2.45, 2.75) is 45.1 Å². The molecule has 0 aromatic carbocycles. The third kappa shape index (κ3) is 5.21. The Bertz CT molecular complexity index is 188. The van der Waals surface area contributed by atoms with Crippen molar-refractivity contribution in [3.63, 3.8) is 0 Å². The number of hydrogen-bond donors (Lipinski definition) is 1. The second-order valence-corrected chi connectivity index (χ2v) is 4.96. The molecule has 1 aliphatic heterocycles. The molecule has 2 atom stereocenters. The second-order valence-electron chi connectivity index (χ2n) is 4.96. The molecule has 2 unspecified atom stereocenters. The number of rotatable bonds is 6. The maximum atomic E-state index is 12.1. The first-order valence-corrected chi connectivity index (χ1v) is 6.31. The lowest BCUT2D eigenvalue weighted by atomic mass is 9.90. The normalized spacial score (nSPS) is 27.6. The Balaban J connectivity index is 2.29. The van der Waals surface area contributed by atoms with Crippen molar-refractivity contribution >= 4 is 0 Å². The number of hydrogen-bond acceptors (Lipinski definition) is 2. The summed E-state index contributed by atoms with van der Waals surface area (Å²) in [7, 11) is 2.08. The van der Waals surface area contributed by atoms with Gasteiger partial charge in [-0.25, -0.2) is 8.78 Å². The fraction of sp³-hybridized carbons (Fsp3) is 1.00. The molecule has 1 heterocycles. The van der Waals surface area contributed by atoms with Crippen LogP contribution in [0.25, 0.3) is 0 Å². The van der Waals surface area contributed by atoms with Crippen LogP contribution in [0.2, 0.25) is 0 Å². The summed E-state index contributed by atoms with van der Waals surface area (Å²) in [6.45, 7) is 4.04. The van der Waals surface area contributed by atoms with Gasteiger partial charge in [0, 0.05) is 19.1 Å². The Morgan fingerprint density at radius 2 is 2.12 bits per heavy atom. The molecular weight excluding hydrogens is 210 g/mol. The highest BCUT2D eigenvalue weighted by atomic mass is 19.3. The standard InChI is InChI=1S/C12H24F2N2/c1-3-4-5-10-6-11(9-16(2)8-10)15-7-12(13)14/h10-12,15H,3-9H2,1-2H3. The van der Waals surface area contributed by atoms with Crippen LogP contribution in [0, 0.1) is 5.92 Å². The summed E-state index contributed by atoms with van der Waals surface area (Å²) in [5.41, 5.74) is 0. The summed E-state index contributed by atoms with van der Waals surface area (Å²) in [4.78, 5) is 2.26. The zero-order valence-corrected chi connectivity index (χ0v) is 10.4. The van der Waals surface area contributed by atoms with E-state index in [1.807, 2.05) is 0 Å². The van der Waals surface area contributed by atoms with E-state index in [1.165, 1.54) is 19.3 Å². The van der Waals surface area contributed by atoms with E-state index in [2.05, 4.69) is 24.2 Å². The molecular formula is C12H24F2N2. The minimum absolute atomic E-state index is 0.168. The van der Waals surface area contributed by atoms with E-state index in [4.69, 9.17) is 0 Å². The average molecular weight is 234 g/mol. The molecule has 1 aliphatic rings. The molecule has 0 aliphatic carbocycles. The predicted octanol–water partition coefficient (Wildman–Crippen LogP) is 2.35. The van der Waals surface area contributed by atoms with E-state index >= 15 is 0 Å². The molecule has 4 heteroatoms. The Morgan fingerprint density at radius 1 is 1.38 bits per heavy atom. The molecule has 16 heavy (non-hydrogen) atoms. The lowest BCUT2D eigenvalue weighted by Gasteiger charge is -2.36. The molecule has 2 nitrogen and oxygen atoms in total. The van der Waals surface area contributed by atoms with E-state index in [0.29, 0.717) is 5.92 Å². The summed E-state index contributed by atoms with van der Waals surface area (Å²) in [6, 6.07) is 0.245. The molecule has 0 amide bonds. The van der Waals surface area contributed by atoms with Crippen LogP contribution in [0.3, 0.4) is 0 Å². The maximum Gasteiger partial charge on any atom is 0.250 e. The van der Waals surface area contributed by atoms with Crippen molar-refractivity contribution in [1.29, 1.82) is 0 Å². The van der Waals surface area contributed by atoms with Crippen LogP contribution >= 0.6 is 0 Å². The highest BCUT2D eigenvalue weighted by molar-refractivity contribution is 4.82. The first kappa shape index (κ1) is 13.8. The monoisotopic (exact) mass is 234 g/mol. The van der Waals surface area contributed by atoms with Crippen LogP contribution in [0.5, 0.6) is 0 Å². The summed E-state index contributed by atoms with van der Waals surface area (Å²) in [5.74, 6) is 0.675. The smallest absolute Gasteiger partial charge is 0.250 e.